The lowest BCUT2D eigenvalue weighted by Crippen LogP contribution is -2.39. The molecular weight excluding hydrogens is 360 g/mol. The van der Waals surface area contributed by atoms with E-state index in [0.717, 1.165) is 31.3 Å². The van der Waals surface area contributed by atoms with Crippen LogP contribution in [0.5, 0.6) is 0 Å². The molecule has 0 aliphatic heterocycles. The van der Waals surface area contributed by atoms with Gasteiger partial charge in [-0.3, -0.25) is 4.79 Å². The molecule has 1 aliphatic carbocycles. The van der Waals surface area contributed by atoms with Gasteiger partial charge in [-0.1, -0.05) is 11.6 Å². The minimum Gasteiger partial charge on any atom is -0.349 e. The zero-order valence-corrected chi connectivity index (χ0v) is 16.1. The fraction of sp³-hybridized carbons (Fsp3) is 0.381. The number of halogens is 1. The van der Waals surface area contributed by atoms with Gasteiger partial charge in [0.1, 0.15) is 0 Å². The average Bonchev–Trinajstić information content (AvgIpc) is 3.17. The normalized spacial score (nSPS) is 21.1. The summed E-state index contributed by atoms with van der Waals surface area (Å²) in [5, 5.41) is 8.21. The van der Waals surface area contributed by atoms with E-state index < -0.39 is 0 Å². The van der Waals surface area contributed by atoms with Gasteiger partial charge < -0.3 is 5.32 Å². The van der Waals surface area contributed by atoms with E-state index >= 15 is 0 Å². The van der Waals surface area contributed by atoms with Gasteiger partial charge in [-0.2, -0.15) is 5.10 Å². The largest absolute Gasteiger partial charge is 0.349 e. The summed E-state index contributed by atoms with van der Waals surface area (Å²) in [6, 6.07) is 11.2. The number of carbonyl (C=O) groups is 1. The first-order valence-corrected chi connectivity index (χ1v) is 9.84. The number of nitrogens with one attached hydrogen (secondary N) is 1. The van der Waals surface area contributed by atoms with E-state index in [0.29, 0.717) is 22.4 Å². The Morgan fingerprint density at radius 1 is 1.11 bits per heavy atom. The third-order valence-corrected chi connectivity index (χ3v) is 5.93. The van der Waals surface area contributed by atoms with Gasteiger partial charge in [0.05, 0.1) is 6.20 Å². The molecule has 0 bridgehead atoms. The van der Waals surface area contributed by atoms with Gasteiger partial charge in [-0.25, -0.2) is 9.50 Å². The molecule has 6 heteroatoms. The molecule has 0 spiro atoms. The third kappa shape index (κ3) is 3.83. The Kier molecular flexibility index (Phi) is 5.12. The van der Waals surface area contributed by atoms with Crippen molar-refractivity contribution in [1.82, 2.24) is 19.9 Å². The highest BCUT2D eigenvalue weighted by molar-refractivity contribution is 6.30. The zero-order valence-electron chi connectivity index (χ0n) is 15.3. The fourth-order valence-corrected chi connectivity index (χ4v) is 4.21. The molecule has 4 rings (SSSR count). The minimum absolute atomic E-state index is 0.0336. The van der Waals surface area contributed by atoms with E-state index in [1.54, 1.807) is 30.5 Å². The summed E-state index contributed by atoms with van der Waals surface area (Å²) in [6.07, 6.45) is 8.06. The highest BCUT2D eigenvalue weighted by atomic mass is 35.5. The first-order chi connectivity index (χ1) is 13.1. The average molecular weight is 383 g/mol. The van der Waals surface area contributed by atoms with Gasteiger partial charge >= 0.3 is 0 Å². The topological polar surface area (TPSA) is 59.3 Å². The lowest BCUT2D eigenvalue weighted by Gasteiger charge is -2.32. The Balaban J connectivity index is 1.36. The van der Waals surface area contributed by atoms with Crippen molar-refractivity contribution in [3.63, 3.8) is 0 Å². The zero-order chi connectivity index (χ0) is 18.8. The monoisotopic (exact) mass is 382 g/mol. The first-order valence-electron chi connectivity index (χ1n) is 9.47. The molecule has 0 saturated heterocycles. The molecule has 1 N–H and O–H groups in total. The molecule has 1 amide bonds. The van der Waals surface area contributed by atoms with E-state index in [9.17, 15) is 4.79 Å². The Morgan fingerprint density at radius 2 is 1.85 bits per heavy atom. The second-order valence-corrected chi connectivity index (χ2v) is 7.79. The molecule has 1 aliphatic rings. The minimum atomic E-state index is -0.0336. The van der Waals surface area contributed by atoms with E-state index in [1.807, 2.05) is 16.8 Å². The van der Waals surface area contributed by atoms with Crippen molar-refractivity contribution in [2.24, 2.45) is 5.92 Å². The van der Waals surface area contributed by atoms with E-state index in [2.05, 4.69) is 28.4 Å². The van der Waals surface area contributed by atoms with Crippen LogP contribution in [0, 0.1) is 5.92 Å². The summed E-state index contributed by atoms with van der Waals surface area (Å²) in [7, 11) is 0. The number of rotatable bonds is 4. The van der Waals surface area contributed by atoms with Crippen LogP contribution in [0.1, 0.15) is 54.6 Å². The summed E-state index contributed by atoms with van der Waals surface area (Å²) in [5.74, 6) is 0.951. The molecular formula is C21H23ClN4O. The molecule has 5 nitrogen and oxygen atoms in total. The standard InChI is InChI=1S/C21H23ClN4O/c1-14(25-21(27)17-6-8-18(22)9-7-17)15-2-4-16(5-3-15)19-10-12-23-20-11-13-24-26(19)20/h6-16H,2-5H2,1H3,(H,25,27)/t14-,15-,16-/m0/s1. The van der Waals surface area contributed by atoms with Gasteiger partial charge in [-0.15, -0.1) is 0 Å². The van der Waals surface area contributed by atoms with Crippen LogP contribution in [0.2, 0.25) is 5.02 Å². The molecule has 1 atom stereocenters. The van der Waals surface area contributed by atoms with Crippen molar-refractivity contribution in [3.8, 4) is 0 Å². The second-order valence-electron chi connectivity index (χ2n) is 7.35. The van der Waals surface area contributed by atoms with E-state index in [1.165, 1.54) is 5.69 Å². The number of nitrogens with zero attached hydrogens (tertiary/aromatic N) is 3. The summed E-state index contributed by atoms with van der Waals surface area (Å²) in [4.78, 5) is 16.8. The lowest BCUT2D eigenvalue weighted by molar-refractivity contribution is 0.0917. The van der Waals surface area contributed by atoms with Crippen molar-refractivity contribution in [2.75, 3.05) is 0 Å². The van der Waals surface area contributed by atoms with Crippen molar-refractivity contribution in [2.45, 2.75) is 44.6 Å². The molecule has 27 heavy (non-hydrogen) atoms. The third-order valence-electron chi connectivity index (χ3n) is 5.68. The van der Waals surface area contributed by atoms with E-state index in [4.69, 9.17) is 11.6 Å². The highest BCUT2D eigenvalue weighted by Gasteiger charge is 2.28. The molecule has 0 radical (unpaired) electrons. The van der Waals surface area contributed by atoms with Crippen molar-refractivity contribution >= 4 is 23.2 Å². The molecule has 3 aromatic rings. The second kappa shape index (κ2) is 7.69. The molecule has 0 unspecified atom stereocenters. The predicted molar refractivity (Wildman–Crippen MR) is 106 cm³/mol. The SMILES string of the molecule is C[C@H](NC(=O)c1ccc(Cl)cc1)[C@H]1CC[C@H](c2ccnc3ccnn32)CC1. The van der Waals surface area contributed by atoms with Crippen molar-refractivity contribution < 1.29 is 4.79 Å². The molecule has 2 heterocycles. The van der Waals surface area contributed by atoms with Crippen LogP contribution in [0.3, 0.4) is 0 Å². The van der Waals surface area contributed by atoms with Crippen LogP contribution in [-0.2, 0) is 0 Å². The maximum atomic E-state index is 12.4. The molecule has 2 aromatic heterocycles. The Hall–Kier alpha value is -2.40. The quantitative estimate of drug-likeness (QED) is 0.723. The van der Waals surface area contributed by atoms with Crippen LogP contribution >= 0.6 is 11.6 Å². The summed E-state index contributed by atoms with van der Waals surface area (Å²) in [6.45, 7) is 2.11. The number of carbonyl (C=O) groups excluding carboxylic acids is 1. The highest BCUT2D eigenvalue weighted by Crippen LogP contribution is 2.37. The summed E-state index contributed by atoms with van der Waals surface area (Å²) < 4.78 is 1.96. The van der Waals surface area contributed by atoms with Crippen LogP contribution in [0.25, 0.3) is 5.65 Å². The van der Waals surface area contributed by atoms with Gasteiger partial charge in [0.25, 0.3) is 5.91 Å². The van der Waals surface area contributed by atoms with Gasteiger partial charge in [0.2, 0.25) is 0 Å². The van der Waals surface area contributed by atoms with Crippen molar-refractivity contribution in [3.05, 3.63) is 65.1 Å². The van der Waals surface area contributed by atoms with E-state index in [-0.39, 0.29) is 11.9 Å². The lowest BCUT2D eigenvalue weighted by atomic mass is 9.77. The Bertz CT molecular complexity index is 929. The van der Waals surface area contributed by atoms with Gasteiger partial charge in [0, 0.05) is 40.5 Å². The van der Waals surface area contributed by atoms with Crippen LogP contribution in [-0.4, -0.2) is 26.5 Å². The van der Waals surface area contributed by atoms with Crippen molar-refractivity contribution in [1.29, 1.82) is 0 Å². The van der Waals surface area contributed by atoms with Crippen LogP contribution in [0.4, 0.5) is 0 Å². The smallest absolute Gasteiger partial charge is 0.251 e. The molecule has 1 fully saturated rings. The molecule has 1 saturated carbocycles. The number of hydrogen-bond acceptors (Lipinski definition) is 3. The van der Waals surface area contributed by atoms with Gasteiger partial charge in [-0.05, 0) is 68.9 Å². The molecule has 1 aromatic carbocycles. The maximum absolute atomic E-state index is 12.4. The summed E-state index contributed by atoms with van der Waals surface area (Å²) >= 11 is 5.90. The van der Waals surface area contributed by atoms with Crippen LogP contribution in [0.15, 0.2) is 48.8 Å². The number of fused-ring (bicyclic) bond motifs is 1. The Morgan fingerprint density at radius 3 is 2.59 bits per heavy atom. The maximum Gasteiger partial charge on any atom is 0.251 e. The Labute approximate surface area is 163 Å². The number of benzene rings is 1. The number of amides is 1. The number of aromatic nitrogens is 3. The first kappa shape index (κ1) is 18.0. The molecule has 140 valence electrons. The van der Waals surface area contributed by atoms with Gasteiger partial charge in [0.15, 0.2) is 5.65 Å². The summed E-state index contributed by atoms with van der Waals surface area (Å²) in [5.41, 5.74) is 2.79. The fourth-order valence-electron chi connectivity index (χ4n) is 4.09. The number of hydrogen-bond donors (Lipinski definition) is 1. The predicted octanol–water partition coefficient (Wildman–Crippen LogP) is 4.48. The van der Waals surface area contributed by atoms with Crippen LogP contribution < -0.4 is 5.32 Å².